The molecular formula is C14H12N2O5. The van der Waals surface area contributed by atoms with E-state index in [1.807, 2.05) is 0 Å². The van der Waals surface area contributed by atoms with E-state index in [-0.39, 0.29) is 17.1 Å². The number of carboxylic acid groups (broad SMARTS) is 1. The Morgan fingerprint density at radius 3 is 2.57 bits per heavy atom. The number of pyridine rings is 1. The Kier molecular flexibility index (Phi) is 3.84. The molecule has 0 aliphatic heterocycles. The lowest BCUT2D eigenvalue weighted by molar-refractivity contribution is -0.384. The summed E-state index contributed by atoms with van der Waals surface area (Å²) in [5.41, 5.74) is 1.01. The second kappa shape index (κ2) is 5.58. The van der Waals surface area contributed by atoms with Crippen molar-refractivity contribution in [2.45, 2.75) is 13.8 Å². The van der Waals surface area contributed by atoms with Crippen molar-refractivity contribution in [3.05, 3.63) is 57.3 Å². The van der Waals surface area contributed by atoms with Crippen molar-refractivity contribution >= 4 is 11.7 Å². The highest BCUT2D eigenvalue weighted by atomic mass is 16.6. The van der Waals surface area contributed by atoms with Crippen LogP contribution in [-0.4, -0.2) is 21.0 Å². The molecule has 108 valence electrons. The number of non-ortho nitro benzene ring substituents is 1. The zero-order chi connectivity index (χ0) is 15.6. The highest BCUT2D eigenvalue weighted by molar-refractivity contribution is 5.88. The molecule has 0 spiro atoms. The topological polar surface area (TPSA) is 103 Å². The molecule has 0 radical (unpaired) electrons. The monoisotopic (exact) mass is 288 g/mol. The van der Waals surface area contributed by atoms with Crippen molar-refractivity contribution < 1.29 is 19.6 Å². The van der Waals surface area contributed by atoms with Crippen LogP contribution in [0.25, 0.3) is 0 Å². The number of nitro benzene ring substituents is 1. The number of ether oxygens (including phenoxy) is 1. The number of nitrogens with zero attached hydrogens (tertiary/aromatic N) is 2. The lowest BCUT2D eigenvalue weighted by atomic mass is 10.2. The third-order valence-corrected chi connectivity index (χ3v) is 2.89. The molecule has 0 aliphatic carbocycles. The van der Waals surface area contributed by atoms with Crippen LogP contribution in [0.15, 0.2) is 30.3 Å². The van der Waals surface area contributed by atoms with Gasteiger partial charge in [0.15, 0.2) is 0 Å². The zero-order valence-electron chi connectivity index (χ0n) is 11.4. The van der Waals surface area contributed by atoms with E-state index in [4.69, 9.17) is 9.84 Å². The lowest BCUT2D eigenvalue weighted by Crippen LogP contribution is -2.02. The van der Waals surface area contributed by atoms with Crippen molar-refractivity contribution in [1.29, 1.82) is 0 Å². The molecule has 0 fully saturated rings. The first kappa shape index (κ1) is 14.4. The van der Waals surface area contributed by atoms with Crippen LogP contribution in [0.5, 0.6) is 11.6 Å². The van der Waals surface area contributed by atoms with Gasteiger partial charge in [0.2, 0.25) is 5.88 Å². The molecule has 2 aromatic rings. The predicted molar refractivity (Wildman–Crippen MR) is 73.8 cm³/mol. The van der Waals surface area contributed by atoms with E-state index in [1.165, 1.54) is 24.3 Å². The van der Waals surface area contributed by atoms with E-state index in [0.29, 0.717) is 17.0 Å². The fourth-order valence-corrected chi connectivity index (χ4v) is 1.75. The number of benzene rings is 1. The molecule has 0 saturated carbocycles. The van der Waals surface area contributed by atoms with Crippen molar-refractivity contribution in [3.8, 4) is 11.6 Å². The van der Waals surface area contributed by atoms with Crippen LogP contribution in [0.2, 0.25) is 0 Å². The first-order chi connectivity index (χ1) is 9.88. The maximum atomic E-state index is 10.9. The SMILES string of the molecule is Cc1ccc([N+](=O)[O-])cc1Oc1ccc(C(=O)O)c(C)n1. The molecule has 0 atom stereocenters. The van der Waals surface area contributed by atoms with E-state index < -0.39 is 10.9 Å². The van der Waals surface area contributed by atoms with Gasteiger partial charge in [0.1, 0.15) is 5.75 Å². The molecule has 1 N–H and O–H groups in total. The minimum atomic E-state index is -1.07. The van der Waals surface area contributed by atoms with Gasteiger partial charge in [0.05, 0.1) is 22.2 Å². The Balaban J connectivity index is 2.34. The van der Waals surface area contributed by atoms with Gasteiger partial charge in [-0.2, -0.15) is 0 Å². The Hall–Kier alpha value is -2.96. The molecule has 0 unspecified atom stereocenters. The molecule has 7 heteroatoms. The first-order valence-electron chi connectivity index (χ1n) is 6.02. The molecule has 0 aliphatic rings. The maximum absolute atomic E-state index is 10.9. The molecule has 0 saturated heterocycles. The average molecular weight is 288 g/mol. The minimum Gasteiger partial charge on any atom is -0.478 e. The molecule has 21 heavy (non-hydrogen) atoms. The molecule has 0 bridgehead atoms. The lowest BCUT2D eigenvalue weighted by Gasteiger charge is -2.09. The Morgan fingerprint density at radius 2 is 2.00 bits per heavy atom. The molecule has 1 heterocycles. The van der Waals surface area contributed by atoms with Crippen LogP contribution in [0.1, 0.15) is 21.6 Å². The van der Waals surface area contributed by atoms with Gasteiger partial charge < -0.3 is 9.84 Å². The molecule has 1 aromatic carbocycles. The van der Waals surface area contributed by atoms with Gasteiger partial charge in [-0.3, -0.25) is 10.1 Å². The number of hydrogen-bond donors (Lipinski definition) is 1. The summed E-state index contributed by atoms with van der Waals surface area (Å²) in [7, 11) is 0. The van der Waals surface area contributed by atoms with Gasteiger partial charge in [0.25, 0.3) is 5.69 Å². The fraction of sp³-hybridized carbons (Fsp3) is 0.143. The summed E-state index contributed by atoms with van der Waals surface area (Å²) in [5.74, 6) is -0.585. The third kappa shape index (κ3) is 3.14. The van der Waals surface area contributed by atoms with Gasteiger partial charge in [-0.05, 0) is 31.5 Å². The van der Waals surface area contributed by atoms with Crippen molar-refractivity contribution in [2.75, 3.05) is 0 Å². The van der Waals surface area contributed by atoms with E-state index in [1.54, 1.807) is 19.9 Å². The number of aromatic carboxylic acids is 1. The summed E-state index contributed by atoms with van der Waals surface area (Å²) < 4.78 is 5.51. The summed E-state index contributed by atoms with van der Waals surface area (Å²) in [6.07, 6.45) is 0. The van der Waals surface area contributed by atoms with Gasteiger partial charge in [-0.25, -0.2) is 9.78 Å². The first-order valence-corrected chi connectivity index (χ1v) is 6.02. The molecule has 7 nitrogen and oxygen atoms in total. The highest BCUT2D eigenvalue weighted by Gasteiger charge is 2.13. The number of carbonyl (C=O) groups is 1. The number of hydrogen-bond acceptors (Lipinski definition) is 5. The van der Waals surface area contributed by atoms with Crippen LogP contribution in [0.3, 0.4) is 0 Å². The number of aryl methyl sites for hydroxylation is 2. The second-order valence-electron chi connectivity index (χ2n) is 4.40. The molecule has 2 rings (SSSR count). The number of rotatable bonds is 4. The normalized spacial score (nSPS) is 10.2. The van der Waals surface area contributed by atoms with Crippen molar-refractivity contribution in [1.82, 2.24) is 4.98 Å². The van der Waals surface area contributed by atoms with Crippen LogP contribution in [-0.2, 0) is 0 Å². The van der Waals surface area contributed by atoms with Crippen molar-refractivity contribution in [2.24, 2.45) is 0 Å². The Bertz CT molecular complexity index is 727. The number of nitro groups is 1. The quantitative estimate of drug-likeness (QED) is 0.685. The summed E-state index contributed by atoms with van der Waals surface area (Å²) in [6, 6.07) is 7.05. The summed E-state index contributed by atoms with van der Waals surface area (Å²) >= 11 is 0. The van der Waals surface area contributed by atoms with Gasteiger partial charge in [-0.15, -0.1) is 0 Å². The van der Waals surface area contributed by atoms with Crippen LogP contribution < -0.4 is 4.74 Å². The largest absolute Gasteiger partial charge is 0.478 e. The van der Waals surface area contributed by atoms with Crippen molar-refractivity contribution in [3.63, 3.8) is 0 Å². The van der Waals surface area contributed by atoms with Gasteiger partial charge >= 0.3 is 5.97 Å². The second-order valence-corrected chi connectivity index (χ2v) is 4.40. The summed E-state index contributed by atoms with van der Waals surface area (Å²) in [5, 5.41) is 19.7. The van der Waals surface area contributed by atoms with E-state index >= 15 is 0 Å². The van der Waals surface area contributed by atoms with Crippen LogP contribution >= 0.6 is 0 Å². The molecular weight excluding hydrogens is 276 g/mol. The summed E-state index contributed by atoms with van der Waals surface area (Å²) in [6.45, 7) is 3.30. The number of carboxylic acids is 1. The molecule has 1 aromatic heterocycles. The number of aromatic nitrogens is 1. The maximum Gasteiger partial charge on any atom is 0.337 e. The standard InChI is InChI=1S/C14H12N2O5/c1-8-3-4-10(16(19)20)7-12(8)21-13-6-5-11(14(17)18)9(2)15-13/h3-7H,1-2H3,(H,17,18). The van der Waals surface area contributed by atoms with Gasteiger partial charge in [-0.1, -0.05) is 0 Å². The van der Waals surface area contributed by atoms with E-state index in [0.717, 1.165) is 0 Å². The van der Waals surface area contributed by atoms with Gasteiger partial charge in [0, 0.05) is 12.1 Å². The third-order valence-electron chi connectivity index (χ3n) is 2.89. The fourth-order valence-electron chi connectivity index (χ4n) is 1.75. The Labute approximate surface area is 120 Å². The summed E-state index contributed by atoms with van der Waals surface area (Å²) in [4.78, 5) is 25.2. The minimum absolute atomic E-state index is 0.0816. The Morgan fingerprint density at radius 1 is 1.29 bits per heavy atom. The highest BCUT2D eigenvalue weighted by Crippen LogP contribution is 2.28. The average Bonchev–Trinajstić information content (AvgIpc) is 2.40. The van der Waals surface area contributed by atoms with E-state index in [9.17, 15) is 14.9 Å². The van der Waals surface area contributed by atoms with E-state index in [2.05, 4.69) is 4.98 Å². The van der Waals surface area contributed by atoms with Crippen LogP contribution in [0, 0.1) is 24.0 Å². The molecule has 0 amide bonds. The smallest absolute Gasteiger partial charge is 0.337 e. The van der Waals surface area contributed by atoms with Crippen LogP contribution in [0.4, 0.5) is 5.69 Å². The predicted octanol–water partition coefficient (Wildman–Crippen LogP) is 3.10. The zero-order valence-corrected chi connectivity index (χ0v) is 11.4.